The fourth-order valence-corrected chi connectivity index (χ4v) is 3.37. The Morgan fingerprint density at radius 3 is 2.60 bits per heavy atom. The number of hydrogen-bond acceptors (Lipinski definition) is 8. The van der Waals surface area contributed by atoms with Crippen molar-refractivity contribution in [2.75, 3.05) is 19.5 Å². The molecule has 1 atom stereocenters. The maximum absolute atomic E-state index is 12.4. The van der Waals surface area contributed by atoms with Gasteiger partial charge in [-0.3, -0.25) is 10.1 Å². The van der Waals surface area contributed by atoms with Gasteiger partial charge in [0.05, 0.1) is 25.5 Å². The van der Waals surface area contributed by atoms with E-state index in [4.69, 9.17) is 25.8 Å². The second-order valence-corrected chi connectivity index (χ2v) is 7.26. The molecule has 0 aliphatic heterocycles. The van der Waals surface area contributed by atoms with Crippen molar-refractivity contribution in [3.63, 3.8) is 0 Å². The van der Waals surface area contributed by atoms with Gasteiger partial charge in [-0.1, -0.05) is 11.6 Å². The minimum atomic E-state index is -1.03. The summed E-state index contributed by atoms with van der Waals surface area (Å²) in [5.74, 6) is 0.00490. The van der Waals surface area contributed by atoms with Gasteiger partial charge < -0.3 is 14.2 Å². The van der Waals surface area contributed by atoms with Crippen LogP contribution in [0.25, 0.3) is 11.3 Å². The number of nitrogens with one attached hydrogen (secondary N) is 1. The first-order valence-electron chi connectivity index (χ1n) is 8.72. The highest BCUT2D eigenvalue weighted by Gasteiger charge is 2.20. The molecule has 0 fully saturated rings. The molecule has 0 bridgehead atoms. The lowest BCUT2D eigenvalue weighted by atomic mass is 10.1. The van der Waals surface area contributed by atoms with Crippen molar-refractivity contribution in [1.29, 1.82) is 0 Å². The first-order chi connectivity index (χ1) is 14.4. The molecule has 1 unspecified atom stereocenters. The highest BCUT2D eigenvalue weighted by atomic mass is 35.5. The van der Waals surface area contributed by atoms with Crippen LogP contribution in [0.15, 0.2) is 41.9 Å². The molecule has 156 valence electrons. The standard InChI is InChI=1S/C20H18ClN3O5S/c1-11(29-19(26)13-6-7-22-17(21)9-13)18(25)24-20-23-14(10-30-20)12-4-5-15(27-2)16(8-12)28-3/h4-11H,1-3H3,(H,23,24,25). The van der Waals surface area contributed by atoms with E-state index in [1.54, 1.807) is 31.7 Å². The molecule has 1 amide bonds. The molecule has 0 aliphatic rings. The summed E-state index contributed by atoms with van der Waals surface area (Å²) >= 11 is 7.01. The van der Waals surface area contributed by atoms with E-state index in [-0.39, 0.29) is 10.7 Å². The summed E-state index contributed by atoms with van der Waals surface area (Å²) in [5, 5.41) is 4.98. The maximum Gasteiger partial charge on any atom is 0.339 e. The van der Waals surface area contributed by atoms with Crippen LogP contribution in [0.5, 0.6) is 11.5 Å². The van der Waals surface area contributed by atoms with E-state index in [2.05, 4.69) is 15.3 Å². The minimum Gasteiger partial charge on any atom is -0.493 e. The van der Waals surface area contributed by atoms with Crippen LogP contribution in [-0.2, 0) is 9.53 Å². The number of methoxy groups -OCH3 is 2. The fourth-order valence-electron chi connectivity index (χ4n) is 2.48. The second kappa shape index (κ2) is 9.55. The van der Waals surface area contributed by atoms with Crippen LogP contribution in [0, 0.1) is 0 Å². The number of nitrogens with zero attached hydrogens (tertiary/aromatic N) is 2. The molecule has 3 aromatic rings. The molecule has 10 heteroatoms. The van der Waals surface area contributed by atoms with Crippen LogP contribution in [-0.4, -0.2) is 42.2 Å². The molecule has 2 aromatic heterocycles. The number of benzene rings is 1. The Hall–Kier alpha value is -3.17. The number of anilines is 1. The van der Waals surface area contributed by atoms with Gasteiger partial charge >= 0.3 is 5.97 Å². The lowest BCUT2D eigenvalue weighted by Crippen LogP contribution is -2.30. The molecule has 0 radical (unpaired) electrons. The van der Waals surface area contributed by atoms with Crippen molar-refractivity contribution >= 4 is 39.9 Å². The summed E-state index contributed by atoms with van der Waals surface area (Å²) in [5.41, 5.74) is 1.67. The van der Waals surface area contributed by atoms with Gasteiger partial charge in [-0.2, -0.15) is 0 Å². The van der Waals surface area contributed by atoms with Crippen LogP contribution < -0.4 is 14.8 Å². The number of halogens is 1. The molecule has 8 nitrogen and oxygen atoms in total. The smallest absolute Gasteiger partial charge is 0.339 e. The summed E-state index contributed by atoms with van der Waals surface area (Å²) in [6.07, 6.45) is 0.354. The molecule has 0 spiro atoms. The molecular formula is C20H18ClN3O5S. The summed E-state index contributed by atoms with van der Waals surface area (Å²) in [7, 11) is 3.11. The summed E-state index contributed by atoms with van der Waals surface area (Å²) in [6, 6.07) is 8.23. The quantitative estimate of drug-likeness (QED) is 0.430. The Morgan fingerprint density at radius 1 is 1.13 bits per heavy atom. The Bertz CT molecular complexity index is 1070. The van der Waals surface area contributed by atoms with Gasteiger partial charge in [0.2, 0.25) is 0 Å². The van der Waals surface area contributed by atoms with E-state index in [1.165, 1.54) is 36.6 Å². The monoisotopic (exact) mass is 447 g/mol. The third kappa shape index (κ3) is 5.05. The Balaban J connectivity index is 1.65. The lowest BCUT2D eigenvalue weighted by molar-refractivity contribution is -0.123. The lowest BCUT2D eigenvalue weighted by Gasteiger charge is -2.12. The first-order valence-corrected chi connectivity index (χ1v) is 9.98. The number of carbonyl (C=O) groups is 2. The van der Waals surface area contributed by atoms with E-state index in [0.29, 0.717) is 22.3 Å². The van der Waals surface area contributed by atoms with Crippen molar-refractivity contribution in [1.82, 2.24) is 9.97 Å². The fraction of sp³-hybridized carbons (Fsp3) is 0.200. The van der Waals surface area contributed by atoms with Gasteiger partial charge in [0, 0.05) is 17.1 Å². The molecule has 3 rings (SSSR count). The summed E-state index contributed by atoms with van der Waals surface area (Å²) in [6.45, 7) is 1.47. The second-order valence-electron chi connectivity index (χ2n) is 6.01. The minimum absolute atomic E-state index is 0.159. The van der Waals surface area contributed by atoms with Crippen LogP contribution >= 0.6 is 22.9 Å². The van der Waals surface area contributed by atoms with Crippen molar-refractivity contribution in [3.05, 3.63) is 52.6 Å². The summed E-state index contributed by atoms with van der Waals surface area (Å²) < 4.78 is 15.7. The summed E-state index contributed by atoms with van der Waals surface area (Å²) in [4.78, 5) is 32.7. The molecule has 0 aliphatic carbocycles. The molecule has 1 N–H and O–H groups in total. The number of carbonyl (C=O) groups excluding carboxylic acids is 2. The molecule has 2 heterocycles. The predicted octanol–water partition coefficient (Wildman–Crippen LogP) is 4.06. The van der Waals surface area contributed by atoms with Crippen molar-refractivity contribution < 1.29 is 23.8 Å². The number of hydrogen-bond donors (Lipinski definition) is 1. The van der Waals surface area contributed by atoms with Crippen LogP contribution in [0.4, 0.5) is 5.13 Å². The van der Waals surface area contributed by atoms with Gasteiger partial charge in [0.1, 0.15) is 5.15 Å². The SMILES string of the molecule is COc1ccc(-c2csc(NC(=O)C(C)OC(=O)c3ccnc(Cl)c3)n2)cc1OC. The zero-order valence-corrected chi connectivity index (χ0v) is 17.9. The number of pyridine rings is 1. The van der Waals surface area contributed by atoms with Crippen molar-refractivity contribution in [2.24, 2.45) is 0 Å². The zero-order valence-electron chi connectivity index (χ0n) is 16.3. The zero-order chi connectivity index (χ0) is 21.7. The van der Waals surface area contributed by atoms with E-state index in [9.17, 15) is 9.59 Å². The first kappa shape index (κ1) is 21.5. The van der Waals surface area contributed by atoms with Crippen LogP contribution in [0.2, 0.25) is 5.15 Å². The third-order valence-corrected chi connectivity index (χ3v) is 4.99. The van der Waals surface area contributed by atoms with E-state index in [1.807, 2.05) is 6.07 Å². The van der Waals surface area contributed by atoms with Gasteiger partial charge in [-0.05, 0) is 37.3 Å². The molecule has 30 heavy (non-hydrogen) atoms. The Morgan fingerprint density at radius 2 is 1.90 bits per heavy atom. The molecule has 0 saturated carbocycles. The van der Waals surface area contributed by atoms with E-state index >= 15 is 0 Å². The van der Waals surface area contributed by atoms with Gasteiger partial charge in [0.15, 0.2) is 22.7 Å². The molecule has 1 aromatic carbocycles. The average molecular weight is 448 g/mol. The van der Waals surface area contributed by atoms with Crippen LogP contribution in [0.1, 0.15) is 17.3 Å². The molecule has 0 saturated heterocycles. The van der Waals surface area contributed by atoms with Gasteiger partial charge in [-0.25, -0.2) is 14.8 Å². The van der Waals surface area contributed by atoms with Gasteiger partial charge in [-0.15, -0.1) is 11.3 Å². The Labute approximate surface area is 181 Å². The number of thiazole rings is 1. The number of amides is 1. The maximum atomic E-state index is 12.4. The predicted molar refractivity (Wildman–Crippen MR) is 113 cm³/mol. The average Bonchev–Trinajstić information content (AvgIpc) is 3.21. The number of rotatable bonds is 7. The number of aromatic nitrogens is 2. The van der Waals surface area contributed by atoms with Crippen LogP contribution in [0.3, 0.4) is 0 Å². The van der Waals surface area contributed by atoms with E-state index in [0.717, 1.165) is 5.56 Å². The number of ether oxygens (including phenoxy) is 3. The van der Waals surface area contributed by atoms with Crippen molar-refractivity contribution in [3.8, 4) is 22.8 Å². The van der Waals surface area contributed by atoms with Crippen molar-refractivity contribution in [2.45, 2.75) is 13.0 Å². The highest BCUT2D eigenvalue weighted by molar-refractivity contribution is 7.14. The third-order valence-electron chi connectivity index (χ3n) is 4.03. The largest absolute Gasteiger partial charge is 0.493 e. The Kier molecular flexibility index (Phi) is 6.86. The highest BCUT2D eigenvalue weighted by Crippen LogP contribution is 2.33. The topological polar surface area (TPSA) is 99.6 Å². The normalized spacial score (nSPS) is 11.5. The van der Waals surface area contributed by atoms with E-state index < -0.39 is 18.0 Å². The number of esters is 1. The molecular weight excluding hydrogens is 430 g/mol. The van der Waals surface area contributed by atoms with Gasteiger partial charge in [0.25, 0.3) is 5.91 Å².